The maximum absolute atomic E-state index is 5.49. The maximum Gasteiger partial charge on any atom is 0.0478 e. The third kappa shape index (κ3) is 5.93. The quantitative estimate of drug-likeness (QED) is 0.652. The van der Waals surface area contributed by atoms with Gasteiger partial charge in [0.05, 0.1) is 0 Å². The highest BCUT2D eigenvalue weighted by Crippen LogP contribution is 1.98. The summed E-state index contributed by atoms with van der Waals surface area (Å²) in [5.41, 5.74) is 1.34. The Morgan fingerprint density at radius 2 is 2.12 bits per heavy atom. The van der Waals surface area contributed by atoms with E-state index in [2.05, 4.69) is 35.3 Å². The van der Waals surface area contributed by atoms with Crippen LogP contribution in [0.15, 0.2) is 18.5 Å². The standard InChI is InChI=1S/C13H24N2O/c1-3-4-9-16-10-5-7-14-11-13-6-8-15(2)12-13/h6,8,12,14H,3-5,7,9-11H2,1-2H3. The number of unbranched alkanes of at least 4 members (excludes halogenated alkanes) is 1. The van der Waals surface area contributed by atoms with E-state index in [0.29, 0.717) is 0 Å². The van der Waals surface area contributed by atoms with Gasteiger partial charge in [-0.25, -0.2) is 0 Å². The topological polar surface area (TPSA) is 26.2 Å². The molecule has 0 spiro atoms. The van der Waals surface area contributed by atoms with Crippen molar-refractivity contribution in [2.24, 2.45) is 7.05 Å². The fourth-order valence-electron chi connectivity index (χ4n) is 1.55. The largest absolute Gasteiger partial charge is 0.381 e. The summed E-state index contributed by atoms with van der Waals surface area (Å²) >= 11 is 0. The lowest BCUT2D eigenvalue weighted by molar-refractivity contribution is 0.129. The Balaban J connectivity index is 1.88. The van der Waals surface area contributed by atoms with Gasteiger partial charge in [-0.3, -0.25) is 0 Å². The van der Waals surface area contributed by atoms with Crippen LogP contribution in [0, 0.1) is 0 Å². The van der Waals surface area contributed by atoms with Crippen LogP contribution in [0.5, 0.6) is 0 Å². The fraction of sp³-hybridized carbons (Fsp3) is 0.692. The molecule has 1 N–H and O–H groups in total. The van der Waals surface area contributed by atoms with Gasteiger partial charge in [0.25, 0.3) is 0 Å². The minimum Gasteiger partial charge on any atom is -0.381 e. The Morgan fingerprint density at radius 1 is 1.31 bits per heavy atom. The van der Waals surface area contributed by atoms with Crippen molar-refractivity contribution in [3.05, 3.63) is 24.0 Å². The van der Waals surface area contributed by atoms with Crippen molar-refractivity contribution < 1.29 is 4.74 Å². The van der Waals surface area contributed by atoms with Crippen molar-refractivity contribution in [2.75, 3.05) is 19.8 Å². The van der Waals surface area contributed by atoms with Crippen LogP contribution in [-0.4, -0.2) is 24.3 Å². The number of ether oxygens (including phenoxy) is 1. The van der Waals surface area contributed by atoms with Crippen LogP contribution in [0.2, 0.25) is 0 Å². The summed E-state index contributed by atoms with van der Waals surface area (Å²) in [5, 5.41) is 3.41. The molecule has 1 rings (SSSR count). The molecule has 0 aliphatic carbocycles. The lowest BCUT2D eigenvalue weighted by atomic mass is 10.3. The molecular formula is C13H24N2O. The molecule has 1 aromatic rings. The van der Waals surface area contributed by atoms with E-state index < -0.39 is 0 Å². The van der Waals surface area contributed by atoms with Crippen LogP contribution in [0.4, 0.5) is 0 Å². The number of rotatable bonds is 9. The van der Waals surface area contributed by atoms with E-state index in [1.165, 1.54) is 18.4 Å². The second-order valence-electron chi connectivity index (χ2n) is 4.18. The maximum atomic E-state index is 5.49. The first-order valence-electron chi connectivity index (χ1n) is 6.22. The number of aryl methyl sites for hydroxylation is 1. The summed E-state index contributed by atoms with van der Waals surface area (Å²) in [6.07, 6.45) is 7.70. The van der Waals surface area contributed by atoms with Gasteiger partial charge in [0.2, 0.25) is 0 Å². The molecule has 0 saturated heterocycles. The van der Waals surface area contributed by atoms with Gasteiger partial charge in [0.15, 0.2) is 0 Å². The van der Waals surface area contributed by atoms with Crippen LogP contribution in [0.3, 0.4) is 0 Å². The van der Waals surface area contributed by atoms with E-state index in [0.717, 1.165) is 32.7 Å². The van der Waals surface area contributed by atoms with E-state index in [1.54, 1.807) is 0 Å². The van der Waals surface area contributed by atoms with Gasteiger partial charge in [-0.15, -0.1) is 0 Å². The van der Waals surface area contributed by atoms with E-state index in [1.807, 2.05) is 7.05 Å². The molecule has 92 valence electrons. The van der Waals surface area contributed by atoms with E-state index in [4.69, 9.17) is 4.74 Å². The predicted molar refractivity (Wildman–Crippen MR) is 67.5 cm³/mol. The first-order chi connectivity index (χ1) is 7.83. The molecule has 0 aromatic carbocycles. The highest BCUT2D eigenvalue weighted by Gasteiger charge is 1.94. The molecule has 3 heteroatoms. The Hall–Kier alpha value is -0.800. The highest BCUT2D eigenvalue weighted by atomic mass is 16.5. The zero-order valence-electron chi connectivity index (χ0n) is 10.5. The van der Waals surface area contributed by atoms with Crippen LogP contribution in [-0.2, 0) is 18.3 Å². The molecule has 0 saturated carbocycles. The minimum absolute atomic E-state index is 0.877. The van der Waals surface area contributed by atoms with Crippen LogP contribution in [0.25, 0.3) is 0 Å². The first-order valence-corrected chi connectivity index (χ1v) is 6.22. The zero-order chi connectivity index (χ0) is 11.6. The second-order valence-corrected chi connectivity index (χ2v) is 4.18. The monoisotopic (exact) mass is 224 g/mol. The van der Waals surface area contributed by atoms with E-state index in [-0.39, 0.29) is 0 Å². The number of hydrogen-bond donors (Lipinski definition) is 1. The normalized spacial score (nSPS) is 10.9. The summed E-state index contributed by atoms with van der Waals surface area (Å²) < 4.78 is 7.56. The van der Waals surface area contributed by atoms with Crippen LogP contribution < -0.4 is 5.32 Å². The highest BCUT2D eigenvalue weighted by molar-refractivity contribution is 5.09. The Labute approximate surface area is 98.8 Å². The molecule has 0 aliphatic heterocycles. The molecule has 1 heterocycles. The third-order valence-corrected chi connectivity index (χ3v) is 2.51. The van der Waals surface area contributed by atoms with Crippen molar-refractivity contribution in [1.82, 2.24) is 9.88 Å². The molecule has 1 aromatic heterocycles. The van der Waals surface area contributed by atoms with Gasteiger partial charge in [-0.2, -0.15) is 0 Å². The third-order valence-electron chi connectivity index (χ3n) is 2.51. The summed E-state index contributed by atoms with van der Waals surface area (Å²) in [4.78, 5) is 0. The van der Waals surface area contributed by atoms with Crippen molar-refractivity contribution >= 4 is 0 Å². The Bertz CT molecular complexity index is 271. The van der Waals surface area contributed by atoms with E-state index in [9.17, 15) is 0 Å². The summed E-state index contributed by atoms with van der Waals surface area (Å²) in [6, 6.07) is 2.14. The molecular weight excluding hydrogens is 200 g/mol. The first kappa shape index (κ1) is 13.3. The Morgan fingerprint density at radius 3 is 2.81 bits per heavy atom. The van der Waals surface area contributed by atoms with Crippen molar-refractivity contribution in [3.8, 4) is 0 Å². The summed E-state index contributed by atoms with van der Waals surface area (Å²) in [5.74, 6) is 0. The molecule has 3 nitrogen and oxygen atoms in total. The molecule has 0 aliphatic rings. The summed E-state index contributed by atoms with van der Waals surface area (Å²) in [7, 11) is 2.05. The average Bonchev–Trinajstić information content (AvgIpc) is 2.68. The molecule has 0 amide bonds. The lowest BCUT2D eigenvalue weighted by Crippen LogP contribution is -2.16. The van der Waals surface area contributed by atoms with Crippen molar-refractivity contribution in [1.29, 1.82) is 0 Å². The van der Waals surface area contributed by atoms with Gasteiger partial charge >= 0.3 is 0 Å². The number of nitrogens with one attached hydrogen (secondary N) is 1. The van der Waals surface area contributed by atoms with Gasteiger partial charge in [-0.05, 0) is 31.0 Å². The number of hydrogen-bond acceptors (Lipinski definition) is 2. The average molecular weight is 224 g/mol. The molecule has 0 atom stereocenters. The van der Waals surface area contributed by atoms with E-state index >= 15 is 0 Å². The molecule has 16 heavy (non-hydrogen) atoms. The molecule has 0 bridgehead atoms. The molecule has 0 fully saturated rings. The fourth-order valence-corrected chi connectivity index (χ4v) is 1.55. The summed E-state index contributed by atoms with van der Waals surface area (Å²) in [6.45, 7) is 5.96. The lowest BCUT2D eigenvalue weighted by Gasteiger charge is -2.04. The predicted octanol–water partition coefficient (Wildman–Crippen LogP) is 2.32. The Kier molecular flexibility index (Phi) is 6.93. The molecule has 0 radical (unpaired) electrons. The van der Waals surface area contributed by atoms with Crippen LogP contribution >= 0.6 is 0 Å². The zero-order valence-corrected chi connectivity index (χ0v) is 10.5. The van der Waals surface area contributed by atoms with Crippen molar-refractivity contribution in [2.45, 2.75) is 32.7 Å². The van der Waals surface area contributed by atoms with Gasteiger partial charge < -0.3 is 14.6 Å². The van der Waals surface area contributed by atoms with Crippen molar-refractivity contribution in [3.63, 3.8) is 0 Å². The van der Waals surface area contributed by atoms with Gasteiger partial charge in [-0.1, -0.05) is 13.3 Å². The number of aromatic nitrogens is 1. The van der Waals surface area contributed by atoms with Gasteiger partial charge in [0.1, 0.15) is 0 Å². The SMILES string of the molecule is CCCCOCCCNCc1ccn(C)c1. The second kappa shape index (κ2) is 8.36. The number of nitrogens with zero attached hydrogens (tertiary/aromatic N) is 1. The van der Waals surface area contributed by atoms with Crippen LogP contribution in [0.1, 0.15) is 31.7 Å². The molecule has 0 unspecified atom stereocenters. The van der Waals surface area contributed by atoms with Gasteiger partial charge in [0, 0.05) is 39.2 Å². The smallest absolute Gasteiger partial charge is 0.0478 e. The minimum atomic E-state index is 0.877.